The average Bonchev–Trinajstić information content (AvgIpc) is 2.16. The second kappa shape index (κ2) is 3.86. The third-order valence-corrected chi connectivity index (χ3v) is 1.74. The molecule has 1 aromatic rings. The van der Waals surface area contributed by atoms with E-state index in [-0.39, 0.29) is 12.3 Å². The Balaban J connectivity index is 3.13. The van der Waals surface area contributed by atoms with Crippen LogP contribution in [-0.4, -0.2) is 17.1 Å². The number of nitro groups is 1. The van der Waals surface area contributed by atoms with Crippen LogP contribution in [-0.2, 0) is 6.61 Å². The van der Waals surface area contributed by atoms with E-state index in [9.17, 15) is 10.1 Å². The number of rotatable bonds is 3. The topological polar surface area (TPSA) is 75.4 Å². The summed E-state index contributed by atoms with van der Waals surface area (Å²) in [5.41, 5.74) is 1.22. The molecule has 0 amide bonds. The van der Waals surface area contributed by atoms with E-state index in [1.165, 1.54) is 12.1 Å². The molecule has 5 heteroatoms. The lowest BCUT2D eigenvalue weighted by atomic mass is 10.1. The van der Waals surface area contributed by atoms with E-state index in [0.717, 1.165) is 0 Å². The normalized spacial score (nSPS) is 9.69. The first kappa shape index (κ1) is 9.47. The molecule has 13 heavy (non-hydrogen) atoms. The van der Waals surface area contributed by atoms with Gasteiger partial charge in [0.1, 0.15) is 0 Å². The van der Waals surface area contributed by atoms with Gasteiger partial charge in [-0.05, 0) is 6.07 Å². The number of non-ortho nitro benzene ring substituents is 1. The van der Waals surface area contributed by atoms with Crippen LogP contribution in [0.25, 0.3) is 0 Å². The summed E-state index contributed by atoms with van der Waals surface area (Å²) in [7, 11) is 1.69. The van der Waals surface area contributed by atoms with E-state index in [1.54, 1.807) is 13.1 Å². The quantitative estimate of drug-likeness (QED) is 0.542. The maximum absolute atomic E-state index is 10.4. The monoisotopic (exact) mass is 182 g/mol. The molecule has 0 aromatic heterocycles. The van der Waals surface area contributed by atoms with Crippen LogP contribution >= 0.6 is 0 Å². The van der Waals surface area contributed by atoms with Crippen molar-refractivity contribution in [2.24, 2.45) is 0 Å². The van der Waals surface area contributed by atoms with Crippen molar-refractivity contribution in [3.05, 3.63) is 33.9 Å². The minimum atomic E-state index is -0.487. The first-order chi connectivity index (χ1) is 6.19. The number of aliphatic hydroxyl groups excluding tert-OH is 1. The molecule has 0 heterocycles. The SMILES string of the molecule is CNc1ccc([N+](=O)[O-])cc1CO. The number of nitro benzene ring substituents is 1. The second-order valence-corrected chi connectivity index (χ2v) is 2.51. The highest BCUT2D eigenvalue weighted by Gasteiger charge is 2.08. The molecule has 0 aliphatic rings. The largest absolute Gasteiger partial charge is 0.392 e. The fourth-order valence-electron chi connectivity index (χ4n) is 1.07. The Morgan fingerprint density at radius 2 is 2.31 bits per heavy atom. The summed E-state index contributed by atoms with van der Waals surface area (Å²) in [6.45, 7) is -0.210. The Morgan fingerprint density at radius 3 is 2.77 bits per heavy atom. The lowest BCUT2D eigenvalue weighted by Gasteiger charge is -2.05. The number of benzene rings is 1. The third kappa shape index (κ3) is 1.94. The van der Waals surface area contributed by atoms with Gasteiger partial charge in [-0.2, -0.15) is 0 Å². The molecule has 0 aliphatic carbocycles. The summed E-state index contributed by atoms with van der Waals surface area (Å²) in [5, 5.41) is 22.1. The summed E-state index contributed by atoms with van der Waals surface area (Å²) in [5.74, 6) is 0. The van der Waals surface area contributed by atoms with Gasteiger partial charge in [-0.1, -0.05) is 0 Å². The summed E-state index contributed by atoms with van der Waals surface area (Å²) in [6.07, 6.45) is 0. The molecule has 1 aromatic carbocycles. The van der Waals surface area contributed by atoms with E-state index in [2.05, 4.69) is 5.32 Å². The predicted octanol–water partition coefficient (Wildman–Crippen LogP) is 1.13. The van der Waals surface area contributed by atoms with Crippen LogP contribution in [0.4, 0.5) is 11.4 Å². The summed E-state index contributed by atoms with van der Waals surface area (Å²) < 4.78 is 0. The van der Waals surface area contributed by atoms with E-state index >= 15 is 0 Å². The Hall–Kier alpha value is -1.62. The van der Waals surface area contributed by atoms with Gasteiger partial charge < -0.3 is 10.4 Å². The van der Waals surface area contributed by atoms with Crippen molar-refractivity contribution in [2.75, 3.05) is 12.4 Å². The second-order valence-electron chi connectivity index (χ2n) is 2.51. The molecule has 0 saturated carbocycles. The molecule has 0 aliphatic heterocycles. The Labute approximate surface area is 75.2 Å². The van der Waals surface area contributed by atoms with Crippen LogP contribution in [0.3, 0.4) is 0 Å². The van der Waals surface area contributed by atoms with Crippen molar-refractivity contribution in [1.29, 1.82) is 0 Å². The lowest BCUT2D eigenvalue weighted by molar-refractivity contribution is -0.384. The summed E-state index contributed by atoms with van der Waals surface area (Å²) in [6, 6.07) is 4.32. The van der Waals surface area contributed by atoms with Gasteiger partial charge in [-0.15, -0.1) is 0 Å². The highest BCUT2D eigenvalue weighted by atomic mass is 16.6. The molecule has 0 fully saturated rings. The number of hydrogen-bond donors (Lipinski definition) is 2. The molecule has 0 radical (unpaired) electrons. The molecular weight excluding hydrogens is 172 g/mol. The van der Waals surface area contributed by atoms with E-state index in [1.807, 2.05) is 0 Å². The molecule has 0 bridgehead atoms. The van der Waals surface area contributed by atoms with E-state index in [4.69, 9.17) is 5.11 Å². The molecule has 5 nitrogen and oxygen atoms in total. The van der Waals surface area contributed by atoms with Gasteiger partial charge in [0.2, 0.25) is 0 Å². The Morgan fingerprint density at radius 1 is 1.62 bits per heavy atom. The highest BCUT2D eigenvalue weighted by Crippen LogP contribution is 2.21. The molecule has 0 saturated heterocycles. The minimum Gasteiger partial charge on any atom is -0.392 e. The van der Waals surface area contributed by atoms with Gasteiger partial charge >= 0.3 is 0 Å². The highest BCUT2D eigenvalue weighted by molar-refractivity contribution is 5.55. The van der Waals surface area contributed by atoms with E-state index < -0.39 is 4.92 Å². The van der Waals surface area contributed by atoms with Crippen LogP contribution in [0.1, 0.15) is 5.56 Å². The number of nitrogens with zero attached hydrogens (tertiary/aromatic N) is 1. The van der Waals surface area contributed by atoms with Gasteiger partial charge in [0.25, 0.3) is 5.69 Å². The van der Waals surface area contributed by atoms with Gasteiger partial charge in [-0.25, -0.2) is 0 Å². The standard InChI is InChI=1S/C8H10N2O3/c1-9-8-3-2-7(10(12)13)4-6(8)5-11/h2-4,9,11H,5H2,1H3. The Bertz CT molecular complexity index is 325. The smallest absolute Gasteiger partial charge is 0.269 e. The Kier molecular flexibility index (Phi) is 2.81. The van der Waals surface area contributed by atoms with E-state index in [0.29, 0.717) is 11.3 Å². The number of nitrogens with one attached hydrogen (secondary N) is 1. The molecule has 0 unspecified atom stereocenters. The lowest BCUT2D eigenvalue weighted by Crippen LogP contribution is -1.97. The van der Waals surface area contributed by atoms with Crippen LogP contribution in [0.5, 0.6) is 0 Å². The van der Waals surface area contributed by atoms with Crippen LogP contribution in [0.15, 0.2) is 18.2 Å². The third-order valence-electron chi connectivity index (χ3n) is 1.74. The van der Waals surface area contributed by atoms with Gasteiger partial charge in [0, 0.05) is 30.4 Å². The van der Waals surface area contributed by atoms with Crippen molar-refractivity contribution in [3.63, 3.8) is 0 Å². The number of hydrogen-bond acceptors (Lipinski definition) is 4. The zero-order valence-corrected chi connectivity index (χ0v) is 7.15. The van der Waals surface area contributed by atoms with Crippen molar-refractivity contribution < 1.29 is 10.0 Å². The van der Waals surface area contributed by atoms with Gasteiger partial charge in [-0.3, -0.25) is 10.1 Å². The number of aliphatic hydroxyl groups is 1. The average molecular weight is 182 g/mol. The molecule has 70 valence electrons. The summed E-state index contributed by atoms with van der Waals surface area (Å²) in [4.78, 5) is 9.88. The first-order valence-corrected chi connectivity index (χ1v) is 3.75. The van der Waals surface area contributed by atoms with Crippen LogP contribution < -0.4 is 5.32 Å². The predicted molar refractivity (Wildman–Crippen MR) is 48.6 cm³/mol. The fourth-order valence-corrected chi connectivity index (χ4v) is 1.07. The first-order valence-electron chi connectivity index (χ1n) is 3.75. The van der Waals surface area contributed by atoms with Crippen molar-refractivity contribution in [3.8, 4) is 0 Å². The van der Waals surface area contributed by atoms with Crippen molar-refractivity contribution in [2.45, 2.75) is 6.61 Å². The molecule has 2 N–H and O–H groups in total. The van der Waals surface area contributed by atoms with Crippen molar-refractivity contribution >= 4 is 11.4 Å². The maximum Gasteiger partial charge on any atom is 0.269 e. The fraction of sp³-hybridized carbons (Fsp3) is 0.250. The summed E-state index contributed by atoms with van der Waals surface area (Å²) >= 11 is 0. The van der Waals surface area contributed by atoms with Crippen LogP contribution in [0, 0.1) is 10.1 Å². The molecule has 1 rings (SSSR count). The molecular formula is C8H10N2O3. The number of anilines is 1. The van der Waals surface area contributed by atoms with Gasteiger partial charge in [0.05, 0.1) is 11.5 Å². The van der Waals surface area contributed by atoms with Gasteiger partial charge in [0.15, 0.2) is 0 Å². The van der Waals surface area contributed by atoms with Crippen molar-refractivity contribution in [1.82, 2.24) is 0 Å². The minimum absolute atomic E-state index is 0.0111. The molecule has 0 atom stereocenters. The zero-order chi connectivity index (χ0) is 9.84. The zero-order valence-electron chi connectivity index (χ0n) is 7.15. The van der Waals surface area contributed by atoms with Crippen LogP contribution in [0.2, 0.25) is 0 Å². The maximum atomic E-state index is 10.4. The molecule has 0 spiro atoms.